The molecule has 1 heterocycles. The zero-order valence-corrected chi connectivity index (χ0v) is 14.3. The van der Waals surface area contributed by atoms with Crippen LogP contribution in [0.3, 0.4) is 0 Å². The van der Waals surface area contributed by atoms with Gasteiger partial charge in [0, 0.05) is 18.3 Å². The molecule has 0 atom stereocenters. The molecule has 1 aromatic carbocycles. The Balaban J connectivity index is 2.25. The van der Waals surface area contributed by atoms with Crippen LogP contribution in [0, 0.1) is 6.92 Å². The Hall–Kier alpha value is -2.83. The van der Waals surface area contributed by atoms with E-state index in [0.29, 0.717) is 28.8 Å². The molecule has 2 aromatic rings. The molecule has 0 aliphatic rings. The Morgan fingerprint density at radius 2 is 1.96 bits per heavy atom. The van der Waals surface area contributed by atoms with E-state index >= 15 is 0 Å². The van der Waals surface area contributed by atoms with Crippen LogP contribution in [0.4, 0.5) is 11.6 Å². The lowest BCUT2D eigenvalue weighted by molar-refractivity contribution is 0.102. The number of amides is 1. The molecule has 128 valence electrons. The van der Waals surface area contributed by atoms with Gasteiger partial charge in [-0.25, -0.2) is 9.97 Å². The minimum absolute atomic E-state index is 0.283. The number of anilines is 2. The van der Waals surface area contributed by atoms with Gasteiger partial charge in [0.2, 0.25) is 5.95 Å². The summed E-state index contributed by atoms with van der Waals surface area (Å²) in [4.78, 5) is 21.1. The summed E-state index contributed by atoms with van der Waals surface area (Å²) in [5.74, 6) is 1.26. The van der Waals surface area contributed by atoms with Gasteiger partial charge in [-0.1, -0.05) is 6.92 Å². The Morgan fingerprint density at radius 1 is 1.17 bits per heavy atom. The van der Waals surface area contributed by atoms with Gasteiger partial charge in [-0.15, -0.1) is 0 Å². The Bertz CT molecular complexity index is 719. The summed E-state index contributed by atoms with van der Waals surface area (Å²) >= 11 is 0. The highest BCUT2D eigenvalue weighted by molar-refractivity contribution is 6.04. The van der Waals surface area contributed by atoms with Crippen molar-refractivity contribution >= 4 is 17.5 Å². The van der Waals surface area contributed by atoms with E-state index in [4.69, 9.17) is 9.47 Å². The molecule has 0 bridgehead atoms. The van der Waals surface area contributed by atoms with Gasteiger partial charge >= 0.3 is 0 Å². The van der Waals surface area contributed by atoms with Crippen LogP contribution in [-0.2, 0) is 0 Å². The van der Waals surface area contributed by atoms with E-state index in [9.17, 15) is 4.79 Å². The van der Waals surface area contributed by atoms with Crippen molar-refractivity contribution in [3.05, 3.63) is 35.7 Å². The molecule has 2 N–H and O–H groups in total. The van der Waals surface area contributed by atoms with Gasteiger partial charge in [-0.3, -0.25) is 4.79 Å². The van der Waals surface area contributed by atoms with Gasteiger partial charge in [0.15, 0.2) is 0 Å². The zero-order valence-electron chi connectivity index (χ0n) is 14.3. The molecule has 0 radical (unpaired) electrons. The number of hydrogen-bond acceptors (Lipinski definition) is 6. The molecule has 0 saturated heterocycles. The average Bonchev–Trinajstić information content (AvgIpc) is 2.59. The first-order valence-corrected chi connectivity index (χ1v) is 7.70. The largest absolute Gasteiger partial charge is 0.497 e. The van der Waals surface area contributed by atoms with E-state index in [0.717, 1.165) is 13.0 Å². The number of nitrogens with zero attached hydrogens (tertiary/aromatic N) is 2. The molecular weight excluding hydrogens is 308 g/mol. The van der Waals surface area contributed by atoms with Crippen LogP contribution in [0.15, 0.2) is 24.3 Å². The third-order valence-electron chi connectivity index (χ3n) is 3.27. The average molecular weight is 330 g/mol. The predicted molar refractivity (Wildman–Crippen MR) is 93.0 cm³/mol. The van der Waals surface area contributed by atoms with Crippen molar-refractivity contribution in [2.24, 2.45) is 0 Å². The van der Waals surface area contributed by atoms with Crippen molar-refractivity contribution in [3.8, 4) is 11.5 Å². The topological polar surface area (TPSA) is 85.4 Å². The minimum Gasteiger partial charge on any atom is -0.497 e. The molecule has 7 heteroatoms. The van der Waals surface area contributed by atoms with Crippen LogP contribution in [-0.4, -0.2) is 36.6 Å². The Labute approximate surface area is 141 Å². The summed E-state index contributed by atoms with van der Waals surface area (Å²) in [6.07, 6.45) is 0.944. The molecule has 0 saturated carbocycles. The lowest BCUT2D eigenvalue weighted by Crippen LogP contribution is -2.17. The van der Waals surface area contributed by atoms with Crippen LogP contribution in [0.5, 0.6) is 11.5 Å². The molecular formula is C17H22N4O3. The van der Waals surface area contributed by atoms with Crippen LogP contribution in [0.25, 0.3) is 0 Å². The fourth-order valence-electron chi connectivity index (χ4n) is 2.10. The maximum absolute atomic E-state index is 12.5. The smallest absolute Gasteiger partial charge is 0.274 e. The summed E-state index contributed by atoms with van der Waals surface area (Å²) in [6.45, 7) is 4.61. The van der Waals surface area contributed by atoms with Crippen molar-refractivity contribution in [1.82, 2.24) is 9.97 Å². The normalized spacial score (nSPS) is 10.2. The first-order chi connectivity index (χ1) is 11.6. The molecule has 0 spiro atoms. The molecule has 24 heavy (non-hydrogen) atoms. The number of aryl methyl sites for hydroxylation is 1. The van der Waals surface area contributed by atoms with Crippen molar-refractivity contribution in [2.75, 3.05) is 31.4 Å². The summed E-state index contributed by atoms with van der Waals surface area (Å²) < 4.78 is 10.4. The molecule has 0 aliphatic heterocycles. The van der Waals surface area contributed by atoms with Gasteiger partial charge in [0.05, 0.1) is 19.9 Å². The molecule has 0 fully saturated rings. The van der Waals surface area contributed by atoms with E-state index in [1.54, 1.807) is 38.5 Å². The first-order valence-electron chi connectivity index (χ1n) is 7.70. The summed E-state index contributed by atoms with van der Waals surface area (Å²) in [5, 5.41) is 5.89. The molecule has 0 unspecified atom stereocenters. The fourth-order valence-corrected chi connectivity index (χ4v) is 2.10. The van der Waals surface area contributed by atoms with Gasteiger partial charge in [0.1, 0.15) is 17.2 Å². The van der Waals surface area contributed by atoms with E-state index in [-0.39, 0.29) is 11.6 Å². The molecule has 2 rings (SSSR count). The molecule has 1 aromatic heterocycles. The van der Waals surface area contributed by atoms with Crippen LogP contribution >= 0.6 is 0 Å². The van der Waals surface area contributed by atoms with Crippen LogP contribution in [0.2, 0.25) is 0 Å². The summed E-state index contributed by atoms with van der Waals surface area (Å²) in [7, 11) is 3.10. The standard InChI is InChI=1S/C17H22N4O3/c1-5-8-18-17-19-11(2)9-14(21-17)16(22)20-13-10-12(23-3)6-7-15(13)24-4/h6-7,9-10H,5,8H2,1-4H3,(H,20,22)(H,18,19,21). The fraction of sp³-hybridized carbons (Fsp3) is 0.353. The predicted octanol–water partition coefficient (Wildman–Crippen LogP) is 2.88. The Morgan fingerprint density at radius 3 is 2.62 bits per heavy atom. The highest BCUT2D eigenvalue weighted by Crippen LogP contribution is 2.29. The number of hydrogen-bond donors (Lipinski definition) is 2. The number of methoxy groups -OCH3 is 2. The van der Waals surface area contributed by atoms with Crippen LogP contribution < -0.4 is 20.1 Å². The van der Waals surface area contributed by atoms with Crippen molar-refractivity contribution in [1.29, 1.82) is 0 Å². The first kappa shape index (κ1) is 17.5. The van der Waals surface area contributed by atoms with Crippen molar-refractivity contribution < 1.29 is 14.3 Å². The van der Waals surface area contributed by atoms with Gasteiger partial charge in [-0.05, 0) is 31.5 Å². The second kappa shape index (κ2) is 8.14. The molecule has 0 aliphatic carbocycles. The van der Waals surface area contributed by atoms with Gasteiger partial charge in [0.25, 0.3) is 5.91 Å². The Kier molecular flexibility index (Phi) is 5.95. The van der Waals surface area contributed by atoms with Crippen molar-refractivity contribution in [3.63, 3.8) is 0 Å². The number of aromatic nitrogens is 2. The summed E-state index contributed by atoms with van der Waals surface area (Å²) in [6, 6.07) is 6.82. The lowest BCUT2D eigenvalue weighted by Gasteiger charge is -2.12. The SMILES string of the molecule is CCCNc1nc(C)cc(C(=O)Nc2cc(OC)ccc2OC)n1. The van der Waals surface area contributed by atoms with Gasteiger partial charge in [-0.2, -0.15) is 0 Å². The maximum Gasteiger partial charge on any atom is 0.274 e. The number of rotatable bonds is 7. The number of ether oxygens (including phenoxy) is 2. The second-order valence-corrected chi connectivity index (χ2v) is 5.17. The van der Waals surface area contributed by atoms with E-state index < -0.39 is 0 Å². The number of benzene rings is 1. The minimum atomic E-state index is -0.341. The summed E-state index contributed by atoms with van der Waals surface area (Å²) in [5.41, 5.74) is 1.51. The van der Waals surface area contributed by atoms with Gasteiger partial charge < -0.3 is 20.1 Å². The zero-order chi connectivity index (χ0) is 17.5. The van der Waals surface area contributed by atoms with Crippen molar-refractivity contribution in [2.45, 2.75) is 20.3 Å². The van der Waals surface area contributed by atoms with E-state index in [2.05, 4.69) is 20.6 Å². The molecule has 7 nitrogen and oxygen atoms in total. The van der Waals surface area contributed by atoms with E-state index in [1.807, 2.05) is 13.8 Å². The third-order valence-corrected chi connectivity index (χ3v) is 3.27. The number of nitrogens with one attached hydrogen (secondary N) is 2. The highest BCUT2D eigenvalue weighted by atomic mass is 16.5. The second-order valence-electron chi connectivity index (χ2n) is 5.17. The number of carbonyl (C=O) groups is 1. The maximum atomic E-state index is 12.5. The lowest BCUT2D eigenvalue weighted by atomic mass is 10.2. The quantitative estimate of drug-likeness (QED) is 0.812. The third kappa shape index (κ3) is 4.34. The number of carbonyl (C=O) groups excluding carboxylic acids is 1. The monoisotopic (exact) mass is 330 g/mol. The highest BCUT2D eigenvalue weighted by Gasteiger charge is 2.14. The van der Waals surface area contributed by atoms with Crippen LogP contribution in [0.1, 0.15) is 29.5 Å². The van der Waals surface area contributed by atoms with E-state index in [1.165, 1.54) is 0 Å². The molecule has 1 amide bonds.